The number of hydrogen-bond acceptors (Lipinski definition) is 3. The Labute approximate surface area is 172 Å². The normalized spacial score (nSPS) is 11.0. The lowest BCUT2D eigenvalue weighted by molar-refractivity contribution is -0.115. The fraction of sp³-hybridized carbons (Fsp3) is 0.0909. The molecule has 1 heterocycles. The zero-order valence-corrected chi connectivity index (χ0v) is 16.5. The van der Waals surface area contributed by atoms with Crippen LogP contribution < -0.4 is 5.32 Å². The standard InChI is InChI=1S/C22H16Cl2N2O2/c1-13-2-5-15(11-18(13)24)22-26-19-12-17(8-9-20(19)28-22)25-21(27)10-14-3-6-16(23)7-4-14/h2-9,11-12H,10H2,1H3,(H,25,27). The minimum Gasteiger partial charge on any atom is -0.436 e. The van der Waals surface area contributed by atoms with E-state index in [0.717, 1.165) is 16.7 Å². The Bertz CT molecular complexity index is 1170. The summed E-state index contributed by atoms with van der Waals surface area (Å²) in [5.41, 5.74) is 4.65. The fourth-order valence-electron chi connectivity index (χ4n) is 2.85. The zero-order valence-electron chi connectivity index (χ0n) is 15.0. The van der Waals surface area contributed by atoms with E-state index in [1.807, 2.05) is 37.3 Å². The third-order valence-corrected chi connectivity index (χ3v) is 5.03. The van der Waals surface area contributed by atoms with Gasteiger partial charge in [0.05, 0.1) is 6.42 Å². The molecule has 1 N–H and O–H groups in total. The predicted molar refractivity (Wildman–Crippen MR) is 113 cm³/mol. The van der Waals surface area contributed by atoms with Crippen molar-refractivity contribution in [3.05, 3.63) is 81.8 Å². The molecule has 4 rings (SSSR count). The summed E-state index contributed by atoms with van der Waals surface area (Å²) in [5, 5.41) is 4.19. The molecule has 6 heteroatoms. The first-order valence-electron chi connectivity index (χ1n) is 8.69. The van der Waals surface area contributed by atoms with E-state index in [4.69, 9.17) is 27.6 Å². The van der Waals surface area contributed by atoms with Crippen molar-refractivity contribution in [3.63, 3.8) is 0 Å². The largest absolute Gasteiger partial charge is 0.436 e. The van der Waals surface area contributed by atoms with Crippen LogP contribution in [0.25, 0.3) is 22.6 Å². The number of aromatic nitrogens is 1. The van der Waals surface area contributed by atoms with Gasteiger partial charge in [0.2, 0.25) is 11.8 Å². The van der Waals surface area contributed by atoms with Crippen molar-refractivity contribution in [2.45, 2.75) is 13.3 Å². The Morgan fingerprint density at radius 2 is 1.82 bits per heavy atom. The minimum absolute atomic E-state index is 0.115. The van der Waals surface area contributed by atoms with E-state index < -0.39 is 0 Å². The first-order valence-corrected chi connectivity index (χ1v) is 9.45. The van der Waals surface area contributed by atoms with Crippen LogP contribution in [0.15, 0.2) is 65.1 Å². The summed E-state index contributed by atoms with van der Waals surface area (Å²) in [6, 6.07) is 18.3. The van der Waals surface area contributed by atoms with Gasteiger partial charge in [-0.15, -0.1) is 0 Å². The van der Waals surface area contributed by atoms with E-state index in [0.29, 0.717) is 32.7 Å². The second-order valence-corrected chi connectivity index (χ2v) is 7.36. The average molecular weight is 411 g/mol. The van der Waals surface area contributed by atoms with Gasteiger partial charge < -0.3 is 9.73 Å². The first-order chi connectivity index (χ1) is 13.5. The van der Waals surface area contributed by atoms with Crippen LogP contribution in [0.3, 0.4) is 0 Å². The number of fused-ring (bicyclic) bond motifs is 1. The molecule has 0 aliphatic rings. The maximum atomic E-state index is 12.3. The summed E-state index contributed by atoms with van der Waals surface area (Å²) in [6.45, 7) is 1.94. The average Bonchev–Trinajstić information content (AvgIpc) is 3.09. The molecule has 0 atom stereocenters. The highest BCUT2D eigenvalue weighted by atomic mass is 35.5. The van der Waals surface area contributed by atoms with Crippen LogP contribution in [-0.2, 0) is 11.2 Å². The maximum Gasteiger partial charge on any atom is 0.228 e. The van der Waals surface area contributed by atoms with Gasteiger partial charge in [-0.3, -0.25) is 4.79 Å². The number of carbonyl (C=O) groups is 1. The van der Waals surface area contributed by atoms with Crippen LogP contribution in [0.4, 0.5) is 5.69 Å². The number of aryl methyl sites for hydroxylation is 1. The van der Waals surface area contributed by atoms with Crippen molar-refractivity contribution in [2.75, 3.05) is 5.32 Å². The molecule has 0 unspecified atom stereocenters. The third kappa shape index (κ3) is 4.03. The molecular formula is C22H16Cl2N2O2. The molecule has 0 fully saturated rings. The number of carbonyl (C=O) groups excluding carboxylic acids is 1. The number of oxazole rings is 1. The van der Waals surface area contributed by atoms with Gasteiger partial charge in [-0.1, -0.05) is 41.4 Å². The van der Waals surface area contributed by atoms with Gasteiger partial charge in [0.1, 0.15) is 5.52 Å². The Morgan fingerprint density at radius 1 is 1.04 bits per heavy atom. The maximum absolute atomic E-state index is 12.3. The molecule has 3 aromatic carbocycles. The minimum atomic E-state index is -0.115. The van der Waals surface area contributed by atoms with Gasteiger partial charge in [0.25, 0.3) is 0 Å². The van der Waals surface area contributed by atoms with Crippen LogP contribution in [0.5, 0.6) is 0 Å². The summed E-state index contributed by atoms with van der Waals surface area (Å²) in [4.78, 5) is 16.8. The Hall–Kier alpha value is -2.82. The van der Waals surface area contributed by atoms with Crippen molar-refractivity contribution >= 4 is 45.9 Å². The number of benzene rings is 3. The third-order valence-electron chi connectivity index (χ3n) is 4.37. The number of halogens is 2. The number of rotatable bonds is 4. The molecule has 0 aliphatic carbocycles. The summed E-state index contributed by atoms with van der Waals surface area (Å²) in [7, 11) is 0. The van der Waals surface area contributed by atoms with E-state index >= 15 is 0 Å². The van der Waals surface area contributed by atoms with E-state index in [1.165, 1.54) is 0 Å². The van der Waals surface area contributed by atoms with Crippen molar-refractivity contribution in [1.29, 1.82) is 0 Å². The van der Waals surface area contributed by atoms with Crippen molar-refractivity contribution in [3.8, 4) is 11.5 Å². The summed E-state index contributed by atoms with van der Waals surface area (Å²) in [6.07, 6.45) is 0.265. The first kappa shape index (κ1) is 18.5. The van der Waals surface area contributed by atoms with E-state index in [1.54, 1.807) is 30.3 Å². The molecule has 0 saturated heterocycles. The van der Waals surface area contributed by atoms with Gasteiger partial charge >= 0.3 is 0 Å². The lowest BCUT2D eigenvalue weighted by Crippen LogP contribution is -2.14. The van der Waals surface area contributed by atoms with Crippen LogP contribution >= 0.6 is 23.2 Å². The lowest BCUT2D eigenvalue weighted by Gasteiger charge is -2.05. The number of hydrogen-bond donors (Lipinski definition) is 1. The second kappa shape index (κ2) is 7.66. The molecule has 1 amide bonds. The van der Waals surface area contributed by atoms with Gasteiger partial charge in [-0.05, 0) is 60.5 Å². The second-order valence-electron chi connectivity index (χ2n) is 6.52. The monoisotopic (exact) mass is 410 g/mol. The van der Waals surface area contributed by atoms with Crippen LogP contribution in [0, 0.1) is 6.92 Å². The summed E-state index contributed by atoms with van der Waals surface area (Å²) in [5.74, 6) is 0.372. The Kier molecular flexibility index (Phi) is 5.07. The Morgan fingerprint density at radius 3 is 2.57 bits per heavy atom. The summed E-state index contributed by atoms with van der Waals surface area (Å²) < 4.78 is 5.82. The van der Waals surface area contributed by atoms with Gasteiger partial charge in [0.15, 0.2) is 5.58 Å². The number of anilines is 1. The van der Waals surface area contributed by atoms with Crippen LogP contribution in [0.2, 0.25) is 10.0 Å². The molecule has 0 radical (unpaired) electrons. The molecule has 140 valence electrons. The van der Waals surface area contributed by atoms with Gasteiger partial charge in [-0.2, -0.15) is 0 Å². The molecule has 0 saturated carbocycles. The van der Waals surface area contributed by atoms with E-state index in [9.17, 15) is 4.79 Å². The Balaban J connectivity index is 1.53. The van der Waals surface area contributed by atoms with Crippen molar-refractivity contribution in [1.82, 2.24) is 4.98 Å². The lowest BCUT2D eigenvalue weighted by atomic mass is 10.1. The van der Waals surface area contributed by atoms with Crippen molar-refractivity contribution in [2.24, 2.45) is 0 Å². The number of nitrogens with one attached hydrogen (secondary N) is 1. The smallest absolute Gasteiger partial charge is 0.228 e. The summed E-state index contributed by atoms with van der Waals surface area (Å²) >= 11 is 12.1. The zero-order chi connectivity index (χ0) is 19.7. The molecule has 0 bridgehead atoms. The topological polar surface area (TPSA) is 55.1 Å². The highest BCUT2D eigenvalue weighted by molar-refractivity contribution is 6.31. The molecule has 1 aromatic heterocycles. The van der Waals surface area contributed by atoms with Crippen molar-refractivity contribution < 1.29 is 9.21 Å². The molecule has 4 nitrogen and oxygen atoms in total. The molecule has 0 aliphatic heterocycles. The van der Waals surface area contributed by atoms with Crippen LogP contribution in [-0.4, -0.2) is 10.9 Å². The highest BCUT2D eigenvalue weighted by Gasteiger charge is 2.11. The highest BCUT2D eigenvalue weighted by Crippen LogP contribution is 2.29. The van der Waals surface area contributed by atoms with E-state index in [-0.39, 0.29) is 12.3 Å². The van der Waals surface area contributed by atoms with Crippen LogP contribution in [0.1, 0.15) is 11.1 Å². The number of nitrogens with zero attached hydrogens (tertiary/aromatic N) is 1. The molecule has 4 aromatic rings. The van der Waals surface area contributed by atoms with Gasteiger partial charge in [0, 0.05) is 21.3 Å². The number of amides is 1. The quantitative estimate of drug-likeness (QED) is 0.429. The fourth-order valence-corrected chi connectivity index (χ4v) is 3.15. The van der Waals surface area contributed by atoms with E-state index in [2.05, 4.69) is 10.3 Å². The van der Waals surface area contributed by atoms with Gasteiger partial charge in [-0.25, -0.2) is 4.98 Å². The molecule has 28 heavy (non-hydrogen) atoms. The molecule has 0 spiro atoms. The molecular weight excluding hydrogens is 395 g/mol. The predicted octanol–water partition coefficient (Wildman–Crippen LogP) is 6.29. The SMILES string of the molecule is Cc1ccc(-c2nc3cc(NC(=O)Cc4ccc(Cl)cc4)ccc3o2)cc1Cl.